The van der Waals surface area contributed by atoms with Gasteiger partial charge in [-0.15, -0.1) is 0 Å². The van der Waals surface area contributed by atoms with E-state index in [9.17, 15) is 14.7 Å². The van der Waals surface area contributed by atoms with Crippen molar-refractivity contribution in [2.75, 3.05) is 12.0 Å². The maximum absolute atomic E-state index is 13.5. The van der Waals surface area contributed by atoms with Crippen LogP contribution in [0.1, 0.15) is 29.7 Å². The van der Waals surface area contributed by atoms with Crippen molar-refractivity contribution in [3.63, 3.8) is 0 Å². The third kappa shape index (κ3) is 3.93. The Morgan fingerprint density at radius 3 is 2.78 bits per heavy atom. The van der Waals surface area contributed by atoms with Gasteiger partial charge in [-0.1, -0.05) is 35.1 Å². The first-order valence-electron chi connectivity index (χ1n) is 11.6. The van der Waals surface area contributed by atoms with Crippen molar-refractivity contribution in [3.05, 3.63) is 87.9 Å². The molecule has 0 unspecified atom stereocenters. The molecule has 0 saturated carbocycles. The number of nitrogens with zero attached hydrogens (tertiary/aromatic N) is 2. The van der Waals surface area contributed by atoms with E-state index in [0.29, 0.717) is 39.0 Å². The van der Waals surface area contributed by atoms with Crippen molar-refractivity contribution in [1.82, 2.24) is 4.98 Å². The van der Waals surface area contributed by atoms with Crippen LogP contribution in [0.5, 0.6) is 11.5 Å². The molecular weight excluding hydrogens is 512 g/mol. The summed E-state index contributed by atoms with van der Waals surface area (Å²) in [7, 11) is 1.58. The van der Waals surface area contributed by atoms with Crippen LogP contribution in [0.3, 0.4) is 0 Å². The van der Waals surface area contributed by atoms with E-state index in [1.807, 2.05) is 13.0 Å². The number of anilines is 1. The molecule has 1 fully saturated rings. The molecule has 3 aromatic carbocycles. The SMILES string of the molecule is COc1ccc2nc(N3C(=O)C(=O)/C(=C(/O)c4ccc5c(c4)C[C@@H](C)O5)[C@@H]3c3cccc(Cl)c3)sc2c1. The Morgan fingerprint density at radius 2 is 2.00 bits per heavy atom. The number of fused-ring (bicyclic) bond motifs is 2. The summed E-state index contributed by atoms with van der Waals surface area (Å²) in [6.07, 6.45) is 0.722. The van der Waals surface area contributed by atoms with Gasteiger partial charge in [-0.3, -0.25) is 14.5 Å². The molecule has 2 aliphatic heterocycles. The van der Waals surface area contributed by atoms with Crippen molar-refractivity contribution < 1.29 is 24.2 Å². The fraction of sp³-hybridized carbons (Fsp3) is 0.179. The minimum absolute atomic E-state index is 0.0176. The molecular formula is C28H21ClN2O5S. The summed E-state index contributed by atoms with van der Waals surface area (Å²) in [4.78, 5) is 32.9. The van der Waals surface area contributed by atoms with Gasteiger partial charge in [-0.25, -0.2) is 4.98 Å². The van der Waals surface area contributed by atoms with E-state index >= 15 is 0 Å². The lowest BCUT2D eigenvalue weighted by Crippen LogP contribution is -2.29. The minimum atomic E-state index is -0.912. The van der Waals surface area contributed by atoms with Crippen LogP contribution in [0.2, 0.25) is 5.02 Å². The number of Topliss-reactive ketones (excluding diaryl/α,β-unsaturated/α-hetero) is 1. The monoisotopic (exact) mass is 532 g/mol. The Kier molecular flexibility index (Phi) is 5.66. The largest absolute Gasteiger partial charge is 0.507 e. The van der Waals surface area contributed by atoms with Gasteiger partial charge in [0.05, 0.1) is 28.9 Å². The smallest absolute Gasteiger partial charge is 0.301 e. The Hall–Kier alpha value is -3.88. The van der Waals surface area contributed by atoms with E-state index in [-0.39, 0.29) is 17.4 Å². The molecule has 3 heterocycles. The fourth-order valence-electron chi connectivity index (χ4n) is 4.87. The minimum Gasteiger partial charge on any atom is -0.507 e. The molecule has 9 heteroatoms. The molecule has 37 heavy (non-hydrogen) atoms. The van der Waals surface area contributed by atoms with Crippen LogP contribution in [0.4, 0.5) is 5.13 Å². The van der Waals surface area contributed by atoms with Gasteiger partial charge in [0.15, 0.2) is 5.13 Å². The second-order valence-corrected chi connectivity index (χ2v) is 10.5. The zero-order valence-corrected chi connectivity index (χ0v) is 21.5. The summed E-state index contributed by atoms with van der Waals surface area (Å²) in [5.41, 5.74) is 2.61. The number of benzene rings is 3. The van der Waals surface area contributed by atoms with Gasteiger partial charge < -0.3 is 14.6 Å². The summed E-state index contributed by atoms with van der Waals surface area (Å²) >= 11 is 7.57. The molecule has 186 valence electrons. The number of carbonyl (C=O) groups excluding carboxylic acids is 2. The molecule has 1 N–H and O–H groups in total. The highest BCUT2D eigenvalue weighted by atomic mass is 35.5. The highest BCUT2D eigenvalue weighted by molar-refractivity contribution is 7.22. The topological polar surface area (TPSA) is 89.0 Å². The summed E-state index contributed by atoms with van der Waals surface area (Å²) in [6, 6.07) is 16.7. The number of aromatic nitrogens is 1. The Labute approximate surface area is 221 Å². The van der Waals surface area contributed by atoms with Crippen LogP contribution in [0.25, 0.3) is 16.0 Å². The molecule has 6 rings (SSSR count). The van der Waals surface area contributed by atoms with Crippen LogP contribution in [0.15, 0.2) is 66.2 Å². The zero-order chi connectivity index (χ0) is 25.8. The van der Waals surface area contributed by atoms with Crippen LogP contribution in [-0.2, 0) is 16.0 Å². The first kappa shape index (κ1) is 23.5. The first-order chi connectivity index (χ1) is 17.8. The lowest BCUT2D eigenvalue weighted by molar-refractivity contribution is -0.132. The molecule has 2 atom stereocenters. The van der Waals surface area contributed by atoms with Crippen molar-refractivity contribution in [3.8, 4) is 11.5 Å². The molecule has 1 amide bonds. The van der Waals surface area contributed by atoms with E-state index in [2.05, 4.69) is 4.98 Å². The number of ether oxygens (including phenoxy) is 2. The van der Waals surface area contributed by atoms with Crippen molar-refractivity contribution in [1.29, 1.82) is 0 Å². The number of hydrogen-bond acceptors (Lipinski definition) is 7. The van der Waals surface area contributed by atoms with E-state index in [4.69, 9.17) is 21.1 Å². The quantitative estimate of drug-likeness (QED) is 0.200. The molecule has 7 nitrogen and oxygen atoms in total. The molecule has 1 aromatic heterocycles. The summed E-state index contributed by atoms with van der Waals surface area (Å²) in [5, 5.41) is 12.2. The Morgan fingerprint density at radius 1 is 1.16 bits per heavy atom. The highest BCUT2D eigenvalue weighted by Gasteiger charge is 2.48. The first-order valence-corrected chi connectivity index (χ1v) is 12.8. The number of aliphatic hydroxyl groups is 1. The number of halogens is 1. The van der Waals surface area contributed by atoms with E-state index < -0.39 is 17.7 Å². The van der Waals surface area contributed by atoms with Gasteiger partial charge in [0.2, 0.25) is 0 Å². The zero-order valence-electron chi connectivity index (χ0n) is 19.9. The van der Waals surface area contributed by atoms with Crippen molar-refractivity contribution >= 4 is 55.7 Å². The predicted molar refractivity (Wildman–Crippen MR) is 143 cm³/mol. The maximum Gasteiger partial charge on any atom is 0.301 e. The molecule has 0 aliphatic carbocycles. The van der Waals surface area contributed by atoms with Crippen LogP contribution < -0.4 is 14.4 Å². The van der Waals surface area contributed by atoms with Gasteiger partial charge in [-0.2, -0.15) is 0 Å². The van der Waals surface area contributed by atoms with Gasteiger partial charge >= 0.3 is 5.91 Å². The number of aliphatic hydroxyl groups excluding tert-OH is 1. The standard InChI is InChI=1S/C28H21ClN2O5S/c1-14-10-17-11-16(6-9-21(17)36-14)25(32)23-24(15-4-3-5-18(29)12-15)31(27(34)26(23)33)28-30-20-8-7-19(35-2)13-22(20)37-28/h3-9,11-14,24,32H,10H2,1-2H3/b25-23+/t14-,24+/m1/s1. The molecule has 1 saturated heterocycles. The van der Waals surface area contributed by atoms with Crippen LogP contribution in [-0.4, -0.2) is 35.0 Å². The number of thiazole rings is 1. The number of amides is 1. The third-order valence-electron chi connectivity index (χ3n) is 6.57. The van der Waals surface area contributed by atoms with Crippen molar-refractivity contribution in [2.24, 2.45) is 0 Å². The molecule has 2 aliphatic rings. The summed E-state index contributed by atoms with van der Waals surface area (Å²) in [6.45, 7) is 1.97. The Balaban J connectivity index is 1.53. The molecule has 0 spiro atoms. The van der Waals surface area contributed by atoms with E-state index in [0.717, 1.165) is 16.0 Å². The van der Waals surface area contributed by atoms with E-state index in [1.54, 1.807) is 61.7 Å². The fourth-order valence-corrected chi connectivity index (χ4v) is 6.09. The number of hydrogen-bond donors (Lipinski definition) is 1. The van der Waals surface area contributed by atoms with Gasteiger partial charge in [0.1, 0.15) is 23.4 Å². The summed E-state index contributed by atoms with van der Waals surface area (Å²) in [5.74, 6) is -0.400. The molecule has 4 aromatic rings. The third-order valence-corrected chi connectivity index (χ3v) is 7.82. The lowest BCUT2D eigenvalue weighted by Gasteiger charge is -2.23. The average Bonchev–Trinajstić information content (AvgIpc) is 3.55. The number of methoxy groups -OCH3 is 1. The number of ketones is 1. The van der Waals surface area contributed by atoms with Crippen LogP contribution in [0, 0.1) is 0 Å². The Bertz CT molecular complexity index is 1630. The number of rotatable bonds is 4. The second kappa shape index (κ2) is 8.90. The maximum atomic E-state index is 13.5. The second-order valence-electron chi connectivity index (χ2n) is 9.01. The van der Waals surface area contributed by atoms with Crippen LogP contribution >= 0.6 is 22.9 Å². The van der Waals surface area contributed by atoms with Gasteiger partial charge in [-0.05, 0) is 66.6 Å². The van der Waals surface area contributed by atoms with Gasteiger partial charge in [0, 0.05) is 17.0 Å². The van der Waals surface area contributed by atoms with Crippen molar-refractivity contribution in [2.45, 2.75) is 25.5 Å². The molecule has 0 radical (unpaired) electrons. The molecule has 0 bridgehead atoms. The highest BCUT2D eigenvalue weighted by Crippen LogP contribution is 2.45. The average molecular weight is 533 g/mol. The lowest BCUT2D eigenvalue weighted by atomic mass is 9.94. The summed E-state index contributed by atoms with van der Waals surface area (Å²) < 4.78 is 11.9. The van der Waals surface area contributed by atoms with Gasteiger partial charge in [0.25, 0.3) is 5.78 Å². The van der Waals surface area contributed by atoms with E-state index in [1.165, 1.54) is 16.2 Å². The predicted octanol–water partition coefficient (Wildman–Crippen LogP) is 5.91. The number of carbonyl (C=O) groups is 2. The normalized spacial score (nSPS) is 20.4.